The Hall–Kier alpha value is -2.99. The number of hydrogen-bond acceptors (Lipinski definition) is 4. The highest BCUT2D eigenvalue weighted by Crippen LogP contribution is 2.23. The molecule has 0 aromatic heterocycles. The van der Waals surface area contributed by atoms with Crippen LogP contribution in [0.4, 0.5) is 4.39 Å². The van der Waals surface area contributed by atoms with Gasteiger partial charge >= 0.3 is 0 Å². The number of para-hydroxylation sites is 1. The summed E-state index contributed by atoms with van der Waals surface area (Å²) in [7, 11) is 0.500. The zero-order valence-corrected chi connectivity index (χ0v) is 18.1. The van der Waals surface area contributed by atoms with Crippen molar-refractivity contribution < 1.29 is 14.3 Å². The van der Waals surface area contributed by atoms with E-state index in [1.165, 1.54) is 11.8 Å². The minimum absolute atomic E-state index is 0.0792. The van der Waals surface area contributed by atoms with Crippen molar-refractivity contribution in [1.82, 2.24) is 10.3 Å². The minimum Gasteiger partial charge on any atom is -0.507 e. The van der Waals surface area contributed by atoms with Gasteiger partial charge in [-0.2, -0.15) is 5.10 Å². The number of rotatable bonds is 8. The molecule has 0 spiro atoms. The molecule has 1 aliphatic heterocycles. The van der Waals surface area contributed by atoms with Crippen molar-refractivity contribution in [3.63, 3.8) is 0 Å². The lowest BCUT2D eigenvalue weighted by Gasteiger charge is -2.31. The first-order valence-electron chi connectivity index (χ1n) is 10.5. The molecule has 166 valence electrons. The van der Waals surface area contributed by atoms with E-state index in [1.807, 2.05) is 18.2 Å². The number of benzene rings is 2. The number of aromatic hydroxyl groups is 1. The van der Waals surface area contributed by atoms with Gasteiger partial charge in [0.1, 0.15) is 5.75 Å². The van der Waals surface area contributed by atoms with E-state index in [9.17, 15) is 14.3 Å². The van der Waals surface area contributed by atoms with Gasteiger partial charge < -0.3 is 5.11 Å². The fourth-order valence-corrected chi connectivity index (χ4v) is 3.71. The first-order valence-corrected chi connectivity index (χ1v) is 10.5. The van der Waals surface area contributed by atoms with Crippen LogP contribution in [0.2, 0.25) is 0 Å². The number of halogens is 1. The number of phenols is 1. The molecular weight excluding hydrogens is 393 g/mol. The van der Waals surface area contributed by atoms with Crippen molar-refractivity contribution in [2.45, 2.75) is 32.2 Å². The SMILES string of the molecule is C=CCc1cccc(/C=N/NC(=O)CC2CCN(Cc3ccccc3)CC2)c1O.CF. The molecule has 0 aliphatic carbocycles. The molecule has 2 aromatic rings. The molecule has 0 atom stereocenters. The zero-order valence-electron chi connectivity index (χ0n) is 18.1. The molecule has 0 radical (unpaired) electrons. The minimum atomic E-state index is -0.0792. The molecule has 1 heterocycles. The number of piperidine rings is 1. The second-order valence-corrected chi connectivity index (χ2v) is 7.55. The number of amides is 1. The number of likely N-dealkylation sites (tertiary alicyclic amines) is 1. The fraction of sp³-hybridized carbons (Fsp3) is 0.360. The van der Waals surface area contributed by atoms with E-state index in [1.54, 1.807) is 12.1 Å². The molecule has 1 aliphatic rings. The zero-order chi connectivity index (χ0) is 22.5. The summed E-state index contributed by atoms with van der Waals surface area (Å²) < 4.78 is 9.50. The van der Waals surface area contributed by atoms with Crippen LogP contribution in [-0.2, 0) is 17.8 Å². The van der Waals surface area contributed by atoms with Crippen molar-refractivity contribution in [2.75, 3.05) is 20.3 Å². The quantitative estimate of drug-likeness (QED) is 0.373. The van der Waals surface area contributed by atoms with Gasteiger partial charge in [-0.1, -0.05) is 48.5 Å². The molecule has 1 amide bonds. The topological polar surface area (TPSA) is 64.9 Å². The van der Waals surface area contributed by atoms with Gasteiger partial charge in [0.05, 0.1) is 13.4 Å². The van der Waals surface area contributed by atoms with Crippen LogP contribution in [0.1, 0.15) is 36.0 Å². The molecule has 1 fully saturated rings. The molecule has 3 rings (SSSR count). The summed E-state index contributed by atoms with van der Waals surface area (Å²) in [5.41, 5.74) is 5.30. The standard InChI is InChI=1S/C24H29N3O2.CH3F/c1-2-7-21-10-6-11-22(24(21)29)17-25-26-23(28)16-19-12-14-27(15-13-19)18-20-8-4-3-5-9-20;1-2/h2-6,8-11,17,19,29H,1,7,12-16,18H2,(H,26,28);1H3/b25-17+;. The van der Waals surface area contributed by atoms with Crippen LogP contribution in [0.3, 0.4) is 0 Å². The highest BCUT2D eigenvalue weighted by Gasteiger charge is 2.21. The Morgan fingerprint density at radius 2 is 1.90 bits per heavy atom. The number of alkyl halides is 1. The first-order chi connectivity index (χ1) is 15.2. The number of phenolic OH excluding ortho intramolecular Hbond substituents is 1. The Bertz CT molecular complexity index is 847. The van der Waals surface area contributed by atoms with Gasteiger partial charge in [-0.3, -0.25) is 14.1 Å². The van der Waals surface area contributed by atoms with E-state index >= 15 is 0 Å². The summed E-state index contributed by atoms with van der Waals surface area (Å²) in [4.78, 5) is 14.7. The van der Waals surface area contributed by atoms with Crippen molar-refractivity contribution >= 4 is 12.1 Å². The number of carbonyl (C=O) groups excluding carboxylic acids is 1. The number of nitrogens with zero attached hydrogens (tertiary/aromatic N) is 2. The average Bonchev–Trinajstić information content (AvgIpc) is 2.80. The maximum atomic E-state index is 12.2. The highest BCUT2D eigenvalue weighted by atomic mass is 19.1. The van der Waals surface area contributed by atoms with Crippen molar-refractivity contribution in [1.29, 1.82) is 0 Å². The lowest BCUT2D eigenvalue weighted by atomic mass is 9.93. The van der Waals surface area contributed by atoms with E-state index < -0.39 is 0 Å². The maximum absolute atomic E-state index is 12.2. The van der Waals surface area contributed by atoms with Crippen molar-refractivity contribution in [2.24, 2.45) is 11.0 Å². The number of allylic oxidation sites excluding steroid dienone is 1. The fourth-order valence-electron chi connectivity index (χ4n) is 3.71. The Kier molecular flexibility index (Phi) is 10.4. The highest BCUT2D eigenvalue weighted by molar-refractivity contribution is 5.85. The monoisotopic (exact) mass is 425 g/mol. The molecule has 5 nitrogen and oxygen atoms in total. The summed E-state index contributed by atoms with van der Waals surface area (Å²) in [5, 5.41) is 14.2. The summed E-state index contributed by atoms with van der Waals surface area (Å²) in [6.07, 6.45) is 6.34. The molecule has 6 heteroatoms. The summed E-state index contributed by atoms with van der Waals surface area (Å²) in [6, 6.07) is 16.0. The number of nitrogens with one attached hydrogen (secondary N) is 1. The molecule has 0 bridgehead atoms. The van der Waals surface area contributed by atoms with Gasteiger partial charge in [-0.05, 0) is 55.5 Å². The predicted molar refractivity (Wildman–Crippen MR) is 124 cm³/mol. The molecule has 31 heavy (non-hydrogen) atoms. The smallest absolute Gasteiger partial charge is 0.240 e. The van der Waals surface area contributed by atoms with Gasteiger partial charge in [0.2, 0.25) is 5.91 Å². The van der Waals surface area contributed by atoms with Crippen LogP contribution in [-0.4, -0.2) is 42.4 Å². The van der Waals surface area contributed by atoms with Crippen LogP contribution in [0.5, 0.6) is 5.75 Å². The van der Waals surface area contributed by atoms with Gasteiger partial charge in [0.15, 0.2) is 0 Å². The van der Waals surface area contributed by atoms with E-state index in [4.69, 9.17) is 0 Å². The summed E-state index contributed by atoms with van der Waals surface area (Å²) in [5.74, 6) is 0.488. The van der Waals surface area contributed by atoms with E-state index in [0.717, 1.165) is 38.0 Å². The third kappa shape index (κ3) is 7.98. The van der Waals surface area contributed by atoms with Crippen LogP contribution >= 0.6 is 0 Å². The van der Waals surface area contributed by atoms with Gasteiger partial charge in [0.25, 0.3) is 0 Å². The van der Waals surface area contributed by atoms with Crippen LogP contribution in [0.25, 0.3) is 0 Å². The largest absolute Gasteiger partial charge is 0.507 e. The molecule has 0 unspecified atom stereocenters. The maximum Gasteiger partial charge on any atom is 0.240 e. The van der Waals surface area contributed by atoms with Gasteiger partial charge in [-0.15, -0.1) is 6.58 Å². The number of hydrazone groups is 1. The second kappa shape index (κ2) is 13.3. The molecule has 1 saturated heterocycles. The van der Waals surface area contributed by atoms with Gasteiger partial charge in [-0.25, -0.2) is 5.43 Å². The van der Waals surface area contributed by atoms with E-state index in [-0.39, 0.29) is 11.7 Å². The Balaban J connectivity index is 0.00000166. The molecule has 2 N–H and O–H groups in total. The average molecular weight is 426 g/mol. The number of carbonyl (C=O) groups is 1. The Morgan fingerprint density at radius 3 is 2.58 bits per heavy atom. The first kappa shape index (κ1) is 24.3. The molecule has 0 saturated carbocycles. The van der Waals surface area contributed by atoms with Crippen LogP contribution < -0.4 is 5.43 Å². The summed E-state index contributed by atoms with van der Waals surface area (Å²) in [6.45, 7) is 6.69. The lowest BCUT2D eigenvalue weighted by Crippen LogP contribution is -2.35. The Labute approximate surface area is 184 Å². The van der Waals surface area contributed by atoms with E-state index in [2.05, 4.69) is 46.3 Å². The van der Waals surface area contributed by atoms with E-state index in [0.29, 0.717) is 31.5 Å². The third-order valence-corrected chi connectivity index (χ3v) is 5.34. The lowest BCUT2D eigenvalue weighted by molar-refractivity contribution is -0.122. The Morgan fingerprint density at radius 1 is 1.19 bits per heavy atom. The normalized spacial score (nSPS) is 14.6. The molecular formula is C25H32FN3O2. The van der Waals surface area contributed by atoms with Gasteiger partial charge in [0, 0.05) is 18.5 Å². The van der Waals surface area contributed by atoms with Crippen molar-refractivity contribution in [3.8, 4) is 5.75 Å². The van der Waals surface area contributed by atoms with Crippen LogP contribution in [0.15, 0.2) is 66.3 Å². The van der Waals surface area contributed by atoms with Crippen molar-refractivity contribution in [3.05, 3.63) is 77.9 Å². The summed E-state index contributed by atoms with van der Waals surface area (Å²) >= 11 is 0. The predicted octanol–water partition coefficient (Wildman–Crippen LogP) is 4.46. The molecule has 2 aromatic carbocycles. The third-order valence-electron chi connectivity index (χ3n) is 5.34. The van der Waals surface area contributed by atoms with Crippen LogP contribution in [0, 0.1) is 5.92 Å². The number of hydrogen-bond donors (Lipinski definition) is 2. The second-order valence-electron chi connectivity index (χ2n) is 7.55.